The molecule has 3 fully saturated rings. The molecule has 2 unspecified atom stereocenters. The maximum absolute atomic E-state index is 12.6. The highest BCUT2D eigenvalue weighted by Crippen LogP contribution is 2.33. The number of nitrogens with zero attached hydrogens (tertiary/aromatic N) is 2. The third-order valence-corrected chi connectivity index (χ3v) is 6.56. The SMILES string of the molecule is CC1C(NC(=O)c2ncc(-c3cccc(Cl)c3)s2)C2CCN1CC2. The molecule has 6 heteroatoms. The predicted molar refractivity (Wildman–Crippen MR) is 97.6 cm³/mol. The summed E-state index contributed by atoms with van der Waals surface area (Å²) in [5.74, 6) is 0.542. The van der Waals surface area contributed by atoms with E-state index in [0.717, 1.165) is 23.5 Å². The number of rotatable bonds is 3. The van der Waals surface area contributed by atoms with Gasteiger partial charge in [-0.2, -0.15) is 0 Å². The maximum Gasteiger partial charge on any atom is 0.280 e. The standard InChI is InChI=1S/C18H20ClN3OS/c1-11-16(12-5-7-22(11)8-6-12)21-17(23)18-20-10-15(24-18)13-3-2-4-14(19)9-13/h2-4,9-12,16H,5-8H2,1H3,(H,21,23). The summed E-state index contributed by atoms with van der Waals surface area (Å²) in [6.07, 6.45) is 4.12. The second-order valence-corrected chi connectivity index (χ2v) is 8.12. The molecule has 3 aliphatic rings. The van der Waals surface area contributed by atoms with Crippen LogP contribution in [0.5, 0.6) is 0 Å². The van der Waals surface area contributed by atoms with E-state index in [4.69, 9.17) is 11.6 Å². The van der Waals surface area contributed by atoms with Gasteiger partial charge in [0.05, 0.1) is 4.88 Å². The first-order valence-corrected chi connectivity index (χ1v) is 9.58. The van der Waals surface area contributed by atoms with Crippen molar-refractivity contribution in [2.24, 2.45) is 5.92 Å². The molecule has 24 heavy (non-hydrogen) atoms. The lowest BCUT2D eigenvalue weighted by atomic mass is 9.79. The third-order valence-electron chi connectivity index (χ3n) is 5.28. The van der Waals surface area contributed by atoms with E-state index in [1.165, 1.54) is 24.2 Å². The molecule has 1 N–H and O–H groups in total. The van der Waals surface area contributed by atoms with Crippen LogP contribution in [-0.2, 0) is 0 Å². The molecule has 1 aromatic heterocycles. The lowest BCUT2D eigenvalue weighted by Crippen LogP contribution is -2.62. The molecule has 0 aliphatic carbocycles. The molecule has 2 aromatic rings. The van der Waals surface area contributed by atoms with Gasteiger partial charge in [-0.1, -0.05) is 23.7 Å². The number of amides is 1. The number of carbonyl (C=O) groups is 1. The van der Waals surface area contributed by atoms with Gasteiger partial charge in [-0.05, 0) is 56.5 Å². The maximum atomic E-state index is 12.6. The molecule has 1 aromatic carbocycles. The number of hydrogen-bond donors (Lipinski definition) is 1. The van der Waals surface area contributed by atoms with Crippen LogP contribution in [-0.4, -0.2) is 41.0 Å². The smallest absolute Gasteiger partial charge is 0.280 e. The van der Waals surface area contributed by atoms with Gasteiger partial charge in [0.1, 0.15) is 0 Å². The number of thiazole rings is 1. The summed E-state index contributed by atoms with van der Waals surface area (Å²) in [7, 11) is 0. The Balaban J connectivity index is 1.49. The van der Waals surface area contributed by atoms with E-state index in [9.17, 15) is 4.79 Å². The summed E-state index contributed by atoms with van der Waals surface area (Å²) in [4.78, 5) is 20.4. The molecule has 4 nitrogen and oxygen atoms in total. The van der Waals surface area contributed by atoms with Crippen LogP contribution in [0.1, 0.15) is 29.6 Å². The molecule has 2 bridgehead atoms. The average Bonchev–Trinajstić information content (AvgIpc) is 3.09. The number of carbonyl (C=O) groups excluding carboxylic acids is 1. The van der Waals surface area contributed by atoms with Crippen LogP contribution in [0.15, 0.2) is 30.5 Å². The molecular weight excluding hydrogens is 342 g/mol. The summed E-state index contributed by atoms with van der Waals surface area (Å²) in [6, 6.07) is 8.27. The highest BCUT2D eigenvalue weighted by atomic mass is 35.5. The van der Waals surface area contributed by atoms with E-state index in [1.807, 2.05) is 24.3 Å². The zero-order valence-electron chi connectivity index (χ0n) is 13.5. The van der Waals surface area contributed by atoms with Gasteiger partial charge in [0.2, 0.25) is 0 Å². The van der Waals surface area contributed by atoms with Crippen LogP contribution in [0, 0.1) is 5.92 Å². The van der Waals surface area contributed by atoms with Crippen LogP contribution in [0.3, 0.4) is 0 Å². The Kier molecular flexibility index (Phi) is 4.33. The third kappa shape index (κ3) is 2.96. The van der Waals surface area contributed by atoms with Gasteiger partial charge < -0.3 is 5.32 Å². The van der Waals surface area contributed by atoms with E-state index in [1.54, 1.807) is 6.20 Å². The second kappa shape index (κ2) is 6.47. The Morgan fingerprint density at radius 3 is 2.88 bits per heavy atom. The predicted octanol–water partition coefficient (Wildman–Crippen LogP) is 3.68. The van der Waals surface area contributed by atoms with Gasteiger partial charge in [0.15, 0.2) is 5.01 Å². The van der Waals surface area contributed by atoms with E-state index in [-0.39, 0.29) is 11.9 Å². The molecule has 126 valence electrons. The summed E-state index contributed by atoms with van der Waals surface area (Å²) in [6.45, 7) is 4.54. The normalized spacial score (nSPS) is 28.8. The van der Waals surface area contributed by atoms with Crippen LogP contribution in [0.4, 0.5) is 0 Å². The zero-order valence-corrected chi connectivity index (χ0v) is 15.1. The first-order valence-electron chi connectivity index (χ1n) is 8.38. The second-order valence-electron chi connectivity index (χ2n) is 6.65. The van der Waals surface area contributed by atoms with E-state index < -0.39 is 0 Å². The summed E-state index contributed by atoms with van der Waals surface area (Å²) in [5, 5.41) is 4.44. The lowest BCUT2D eigenvalue weighted by molar-refractivity contribution is 0.0217. The number of halogens is 1. The monoisotopic (exact) mass is 361 g/mol. The van der Waals surface area contributed by atoms with Gasteiger partial charge in [-0.15, -0.1) is 11.3 Å². The quantitative estimate of drug-likeness (QED) is 0.907. The van der Waals surface area contributed by atoms with Gasteiger partial charge >= 0.3 is 0 Å². The van der Waals surface area contributed by atoms with E-state index in [2.05, 4.69) is 22.1 Å². The molecule has 2 atom stereocenters. The van der Waals surface area contributed by atoms with Crippen molar-refractivity contribution in [3.05, 3.63) is 40.5 Å². The van der Waals surface area contributed by atoms with Crippen LogP contribution < -0.4 is 5.32 Å². The average molecular weight is 362 g/mol. The molecule has 0 spiro atoms. The Hall–Kier alpha value is -1.43. The Morgan fingerprint density at radius 1 is 1.38 bits per heavy atom. The first-order chi connectivity index (χ1) is 11.6. The first kappa shape index (κ1) is 16.1. The van der Waals surface area contributed by atoms with Gasteiger partial charge in [-0.3, -0.25) is 9.69 Å². The number of piperidine rings is 3. The fourth-order valence-corrected chi connectivity index (χ4v) is 4.92. The largest absolute Gasteiger partial charge is 0.345 e. The van der Waals surface area contributed by atoms with E-state index >= 15 is 0 Å². The number of aromatic nitrogens is 1. The molecular formula is C18H20ClN3OS. The lowest BCUT2D eigenvalue weighted by Gasteiger charge is -2.49. The number of hydrogen-bond acceptors (Lipinski definition) is 4. The van der Waals surface area contributed by atoms with E-state index in [0.29, 0.717) is 22.0 Å². The van der Waals surface area contributed by atoms with Crippen LogP contribution in [0.2, 0.25) is 5.02 Å². The van der Waals surface area contributed by atoms with Crippen molar-refractivity contribution in [3.8, 4) is 10.4 Å². The number of nitrogens with one attached hydrogen (secondary N) is 1. The van der Waals surface area contributed by atoms with Crippen LogP contribution in [0.25, 0.3) is 10.4 Å². The zero-order chi connectivity index (χ0) is 16.7. The van der Waals surface area contributed by atoms with Crippen molar-refractivity contribution >= 4 is 28.8 Å². The number of benzene rings is 1. The summed E-state index contributed by atoms with van der Waals surface area (Å²) in [5.41, 5.74) is 0.996. The molecule has 4 heterocycles. The minimum absolute atomic E-state index is 0.0566. The van der Waals surface area contributed by atoms with Crippen molar-refractivity contribution in [1.29, 1.82) is 0 Å². The topological polar surface area (TPSA) is 45.2 Å². The summed E-state index contributed by atoms with van der Waals surface area (Å²) >= 11 is 7.46. The fourth-order valence-electron chi connectivity index (χ4n) is 3.91. The Morgan fingerprint density at radius 2 is 2.17 bits per heavy atom. The Labute approximate surface area is 150 Å². The molecule has 0 radical (unpaired) electrons. The molecule has 0 saturated carbocycles. The minimum Gasteiger partial charge on any atom is -0.345 e. The van der Waals surface area contributed by atoms with Gasteiger partial charge in [-0.25, -0.2) is 4.98 Å². The van der Waals surface area contributed by atoms with Gasteiger partial charge in [0, 0.05) is 23.3 Å². The summed E-state index contributed by atoms with van der Waals surface area (Å²) < 4.78 is 0. The molecule has 3 saturated heterocycles. The van der Waals surface area contributed by atoms with Crippen molar-refractivity contribution in [2.45, 2.75) is 31.8 Å². The molecule has 1 amide bonds. The van der Waals surface area contributed by atoms with Crippen molar-refractivity contribution in [2.75, 3.05) is 13.1 Å². The molecule has 5 rings (SSSR count). The van der Waals surface area contributed by atoms with Gasteiger partial charge in [0.25, 0.3) is 5.91 Å². The molecule has 3 aliphatic heterocycles. The highest BCUT2D eigenvalue weighted by molar-refractivity contribution is 7.17. The number of fused-ring (bicyclic) bond motifs is 3. The highest BCUT2D eigenvalue weighted by Gasteiger charge is 2.40. The van der Waals surface area contributed by atoms with Crippen molar-refractivity contribution < 1.29 is 4.79 Å². The minimum atomic E-state index is -0.0566. The fraction of sp³-hybridized carbons (Fsp3) is 0.444. The van der Waals surface area contributed by atoms with Crippen molar-refractivity contribution in [1.82, 2.24) is 15.2 Å². The van der Waals surface area contributed by atoms with Crippen LogP contribution >= 0.6 is 22.9 Å². The Bertz CT molecular complexity index is 752. The van der Waals surface area contributed by atoms with Crippen molar-refractivity contribution in [3.63, 3.8) is 0 Å².